The van der Waals surface area contributed by atoms with E-state index in [9.17, 15) is 0 Å². The summed E-state index contributed by atoms with van der Waals surface area (Å²) in [6.07, 6.45) is 1.59. The first-order chi connectivity index (χ1) is 10.6. The lowest BCUT2D eigenvalue weighted by molar-refractivity contribution is 0.535. The number of thioether (sulfide) groups is 1. The Morgan fingerprint density at radius 3 is 2.59 bits per heavy atom. The van der Waals surface area contributed by atoms with Gasteiger partial charge in [0.2, 0.25) is 5.16 Å². The maximum atomic E-state index is 6.16. The summed E-state index contributed by atoms with van der Waals surface area (Å²) in [4.78, 5) is 0. The summed E-state index contributed by atoms with van der Waals surface area (Å²) < 4.78 is 6.70. The second kappa shape index (κ2) is 6.24. The number of furan rings is 1. The monoisotopic (exact) mass is 354 g/mol. The normalized spacial score (nSPS) is 11.0. The molecular formula is C14H12Cl2N4OS. The Kier molecular flexibility index (Phi) is 4.33. The Morgan fingerprint density at radius 1 is 1.23 bits per heavy atom. The van der Waals surface area contributed by atoms with Crippen molar-refractivity contribution in [2.45, 2.75) is 17.8 Å². The third-order valence-electron chi connectivity index (χ3n) is 3.17. The Labute approximate surface area is 141 Å². The fraction of sp³-hybridized carbons (Fsp3) is 0.143. The summed E-state index contributed by atoms with van der Waals surface area (Å²) in [6.45, 7) is 1.85. The summed E-state index contributed by atoms with van der Waals surface area (Å²) in [5.41, 5.74) is 1.66. The average Bonchev–Trinajstić information content (AvgIpc) is 3.05. The van der Waals surface area contributed by atoms with Crippen molar-refractivity contribution < 1.29 is 4.42 Å². The minimum Gasteiger partial charge on any atom is -0.469 e. The van der Waals surface area contributed by atoms with Gasteiger partial charge in [-0.05, 0) is 30.7 Å². The Hall–Kier alpha value is -1.63. The van der Waals surface area contributed by atoms with Gasteiger partial charge in [-0.3, -0.25) is 0 Å². The quantitative estimate of drug-likeness (QED) is 0.562. The van der Waals surface area contributed by atoms with Crippen LogP contribution in [0.2, 0.25) is 10.0 Å². The minimum absolute atomic E-state index is 0.554. The summed E-state index contributed by atoms with van der Waals surface area (Å²) in [5, 5.41) is 10.0. The van der Waals surface area contributed by atoms with Crippen LogP contribution in [0, 0.1) is 6.92 Å². The lowest BCUT2D eigenvalue weighted by atomic mass is 10.2. The molecule has 3 aromatic rings. The first-order valence-electron chi connectivity index (χ1n) is 6.38. The van der Waals surface area contributed by atoms with Crippen molar-refractivity contribution in [2.24, 2.45) is 0 Å². The highest BCUT2D eigenvalue weighted by Crippen LogP contribution is 2.32. The highest BCUT2D eigenvalue weighted by molar-refractivity contribution is 7.98. The Morgan fingerprint density at radius 2 is 1.95 bits per heavy atom. The molecule has 8 heteroatoms. The lowest BCUT2D eigenvalue weighted by Gasteiger charge is -2.06. The van der Waals surface area contributed by atoms with Gasteiger partial charge in [-0.2, -0.15) is 0 Å². The molecule has 0 aliphatic heterocycles. The molecule has 0 atom stereocenters. The zero-order chi connectivity index (χ0) is 15.7. The van der Waals surface area contributed by atoms with Gasteiger partial charge in [0.05, 0.1) is 11.8 Å². The van der Waals surface area contributed by atoms with Crippen LogP contribution in [-0.2, 0) is 5.75 Å². The van der Waals surface area contributed by atoms with Crippen molar-refractivity contribution >= 4 is 35.0 Å². The van der Waals surface area contributed by atoms with Crippen molar-refractivity contribution in [2.75, 3.05) is 5.84 Å². The van der Waals surface area contributed by atoms with Gasteiger partial charge in [0.25, 0.3) is 0 Å². The Bertz CT molecular complexity index is 795. The minimum atomic E-state index is 0.554. The van der Waals surface area contributed by atoms with E-state index in [1.165, 1.54) is 16.4 Å². The molecule has 2 heterocycles. The van der Waals surface area contributed by atoms with Crippen molar-refractivity contribution in [3.63, 3.8) is 0 Å². The highest BCUT2D eigenvalue weighted by Gasteiger charge is 2.16. The van der Waals surface area contributed by atoms with Crippen LogP contribution in [0.1, 0.15) is 11.3 Å². The van der Waals surface area contributed by atoms with Crippen LogP contribution in [0.3, 0.4) is 0 Å². The molecule has 2 N–H and O–H groups in total. The van der Waals surface area contributed by atoms with Gasteiger partial charge in [0.15, 0.2) is 5.82 Å². The van der Waals surface area contributed by atoms with E-state index >= 15 is 0 Å². The highest BCUT2D eigenvalue weighted by atomic mass is 35.5. The van der Waals surface area contributed by atoms with Crippen LogP contribution in [0.4, 0.5) is 0 Å². The van der Waals surface area contributed by atoms with E-state index in [1.54, 1.807) is 18.4 Å². The van der Waals surface area contributed by atoms with Crippen molar-refractivity contribution in [3.05, 3.63) is 51.9 Å². The van der Waals surface area contributed by atoms with Gasteiger partial charge in [-0.1, -0.05) is 41.0 Å². The van der Waals surface area contributed by atoms with Crippen LogP contribution in [0.15, 0.2) is 40.1 Å². The van der Waals surface area contributed by atoms with Gasteiger partial charge in [0, 0.05) is 15.8 Å². The van der Waals surface area contributed by atoms with Gasteiger partial charge in [-0.15, -0.1) is 10.2 Å². The molecular weight excluding hydrogens is 343 g/mol. The lowest BCUT2D eigenvalue weighted by Crippen LogP contribution is -2.11. The van der Waals surface area contributed by atoms with E-state index in [0.717, 1.165) is 16.9 Å². The number of nitrogens with zero attached hydrogens (tertiary/aromatic N) is 3. The summed E-state index contributed by atoms with van der Waals surface area (Å²) in [6, 6.07) is 7.22. The van der Waals surface area contributed by atoms with Gasteiger partial charge in [-0.25, -0.2) is 4.68 Å². The van der Waals surface area contributed by atoms with E-state index in [-0.39, 0.29) is 0 Å². The first-order valence-corrected chi connectivity index (χ1v) is 8.12. The molecule has 0 aliphatic rings. The number of rotatable bonds is 4. The Balaban J connectivity index is 1.83. The van der Waals surface area contributed by atoms with Crippen LogP contribution < -0.4 is 5.84 Å². The molecule has 1 aromatic carbocycles. The second-order valence-electron chi connectivity index (χ2n) is 4.56. The summed E-state index contributed by atoms with van der Waals surface area (Å²) >= 11 is 13.7. The van der Waals surface area contributed by atoms with Gasteiger partial charge < -0.3 is 10.3 Å². The molecule has 3 rings (SSSR count). The zero-order valence-corrected chi connectivity index (χ0v) is 13.9. The predicted molar refractivity (Wildman–Crippen MR) is 88.6 cm³/mol. The molecule has 0 saturated carbocycles. The standard InChI is InChI=1S/C14H12Cl2N4OS/c1-8-9(5-6-21-8)13-18-19-14(20(13)17)22-7-10-11(15)3-2-4-12(10)16/h2-6H,7,17H2,1H3. The topological polar surface area (TPSA) is 69.9 Å². The van der Waals surface area contributed by atoms with Crippen molar-refractivity contribution in [1.82, 2.24) is 14.9 Å². The number of hydrogen-bond donors (Lipinski definition) is 1. The molecule has 5 nitrogen and oxygen atoms in total. The zero-order valence-electron chi connectivity index (χ0n) is 11.6. The number of nitrogen functional groups attached to an aromatic ring is 1. The molecule has 0 bridgehead atoms. The number of aryl methyl sites for hydroxylation is 1. The molecule has 2 aromatic heterocycles. The fourth-order valence-electron chi connectivity index (χ4n) is 1.98. The molecule has 0 aliphatic carbocycles. The molecule has 22 heavy (non-hydrogen) atoms. The summed E-state index contributed by atoms with van der Waals surface area (Å²) in [5.74, 6) is 7.92. The maximum Gasteiger partial charge on any atom is 0.210 e. The molecule has 0 spiro atoms. The van der Waals surface area contributed by atoms with Crippen LogP contribution in [0.5, 0.6) is 0 Å². The van der Waals surface area contributed by atoms with E-state index in [2.05, 4.69) is 10.2 Å². The average molecular weight is 355 g/mol. The van der Waals surface area contributed by atoms with Crippen LogP contribution in [0.25, 0.3) is 11.4 Å². The number of benzene rings is 1. The molecule has 0 saturated heterocycles. The largest absolute Gasteiger partial charge is 0.469 e. The first kappa shape index (κ1) is 15.3. The molecule has 0 fully saturated rings. The maximum absolute atomic E-state index is 6.16. The molecule has 0 unspecified atom stereocenters. The van der Waals surface area contributed by atoms with E-state index in [0.29, 0.717) is 26.8 Å². The fourth-order valence-corrected chi connectivity index (χ4v) is 3.58. The molecule has 0 amide bonds. The van der Waals surface area contributed by atoms with Crippen molar-refractivity contribution in [3.8, 4) is 11.4 Å². The van der Waals surface area contributed by atoms with Gasteiger partial charge >= 0.3 is 0 Å². The SMILES string of the molecule is Cc1occc1-c1nnc(SCc2c(Cl)cccc2Cl)n1N. The number of aromatic nitrogens is 3. The van der Waals surface area contributed by atoms with Crippen molar-refractivity contribution in [1.29, 1.82) is 0 Å². The summed E-state index contributed by atoms with van der Waals surface area (Å²) in [7, 11) is 0. The number of nitrogens with two attached hydrogens (primary N) is 1. The van der Waals surface area contributed by atoms with E-state index in [1.807, 2.05) is 19.1 Å². The van der Waals surface area contributed by atoms with Crippen LogP contribution in [-0.4, -0.2) is 14.9 Å². The van der Waals surface area contributed by atoms with E-state index < -0.39 is 0 Å². The van der Waals surface area contributed by atoms with Gasteiger partial charge in [0.1, 0.15) is 5.76 Å². The molecule has 0 radical (unpaired) electrons. The van der Waals surface area contributed by atoms with E-state index in [4.69, 9.17) is 33.5 Å². The third kappa shape index (κ3) is 2.82. The second-order valence-corrected chi connectivity index (χ2v) is 6.31. The predicted octanol–water partition coefficient (Wildman–Crippen LogP) is 4.16. The molecule has 114 valence electrons. The van der Waals surface area contributed by atoms with Crippen LogP contribution >= 0.6 is 35.0 Å². The number of halogens is 2. The third-order valence-corrected chi connectivity index (χ3v) is 4.85. The number of hydrogen-bond acceptors (Lipinski definition) is 5. The smallest absolute Gasteiger partial charge is 0.210 e.